The van der Waals surface area contributed by atoms with E-state index in [1.807, 2.05) is 6.92 Å². The van der Waals surface area contributed by atoms with Crippen LogP contribution in [0.1, 0.15) is 53.6 Å². The van der Waals surface area contributed by atoms with Crippen molar-refractivity contribution in [2.75, 3.05) is 31.5 Å². The van der Waals surface area contributed by atoms with E-state index in [0.717, 1.165) is 49.7 Å². The van der Waals surface area contributed by atoms with Crippen molar-refractivity contribution in [2.24, 2.45) is 5.92 Å². The lowest BCUT2D eigenvalue weighted by molar-refractivity contribution is -0.135. The molecule has 2 N–H and O–H groups in total. The quantitative estimate of drug-likeness (QED) is 0.537. The molecule has 2 aliphatic heterocycles. The fourth-order valence-electron chi connectivity index (χ4n) is 5.55. The average molecular weight is 532 g/mol. The van der Waals surface area contributed by atoms with Crippen LogP contribution in [0.4, 0.5) is 10.1 Å². The van der Waals surface area contributed by atoms with Gasteiger partial charge in [-0.15, -0.1) is 0 Å². The van der Waals surface area contributed by atoms with Gasteiger partial charge in [0.2, 0.25) is 5.91 Å². The summed E-state index contributed by atoms with van der Waals surface area (Å²) >= 11 is 0. The van der Waals surface area contributed by atoms with Gasteiger partial charge < -0.3 is 14.7 Å². The molecule has 1 amide bonds. The standard InChI is InChI=1S/C26H30FN3O6S/c1-3-30-10-4-5-21(30)25(31)29(2)13-15-11-17(27)6-9-22(15)37(34,35)28-20-8-7-18-19-12-16(19)14-36-24(18)23(20)26(32)33/h6-9,11,16,19,21,28H,3-5,10,12-14H2,1-2H3,(H,32,33)/t16-,19-,21-/m0/s1. The molecule has 37 heavy (non-hydrogen) atoms. The number of hydrogen-bond acceptors (Lipinski definition) is 6. The maximum absolute atomic E-state index is 14.2. The molecule has 2 aromatic rings. The second-order valence-corrected chi connectivity index (χ2v) is 11.6. The van der Waals surface area contributed by atoms with Crippen LogP contribution in [0.3, 0.4) is 0 Å². The van der Waals surface area contributed by atoms with Gasteiger partial charge in [0.05, 0.1) is 23.2 Å². The number of carbonyl (C=O) groups is 2. The summed E-state index contributed by atoms with van der Waals surface area (Å²) in [5.41, 5.74) is 0.487. The molecule has 0 aromatic heterocycles. The maximum atomic E-state index is 14.2. The third-order valence-corrected chi connectivity index (χ3v) is 9.03. The summed E-state index contributed by atoms with van der Waals surface area (Å²) in [6.07, 6.45) is 2.53. The number of carboxylic acids is 1. The molecule has 11 heteroatoms. The lowest BCUT2D eigenvalue weighted by Crippen LogP contribution is -2.43. The van der Waals surface area contributed by atoms with Gasteiger partial charge in [0.15, 0.2) is 0 Å². The van der Waals surface area contributed by atoms with E-state index >= 15 is 0 Å². The van der Waals surface area contributed by atoms with Gasteiger partial charge in [0.1, 0.15) is 17.1 Å². The second-order valence-electron chi connectivity index (χ2n) is 9.96. The van der Waals surface area contributed by atoms with Gasteiger partial charge >= 0.3 is 5.97 Å². The van der Waals surface area contributed by atoms with Crippen molar-refractivity contribution in [1.82, 2.24) is 9.80 Å². The smallest absolute Gasteiger partial charge is 0.341 e. The summed E-state index contributed by atoms with van der Waals surface area (Å²) < 4.78 is 49.2. The molecule has 1 saturated carbocycles. The second kappa shape index (κ2) is 9.60. The summed E-state index contributed by atoms with van der Waals surface area (Å²) in [6.45, 7) is 3.80. The minimum absolute atomic E-state index is 0.0938. The number of halogens is 1. The number of sulfonamides is 1. The van der Waals surface area contributed by atoms with Crippen LogP contribution in [-0.2, 0) is 21.4 Å². The largest absolute Gasteiger partial charge is 0.492 e. The molecule has 1 aliphatic carbocycles. The zero-order valence-electron chi connectivity index (χ0n) is 20.7. The molecule has 2 fully saturated rings. The van der Waals surface area contributed by atoms with Crippen molar-refractivity contribution < 1.29 is 32.2 Å². The number of aromatic carboxylic acids is 1. The molecule has 1 saturated heterocycles. The summed E-state index contributed by atoms with van der Waals surface area (Å²) in [7, 11) is -2.77. The van der Waals surface area contributed by atoms with Crippen LogP contribution in [0.2, 0.25) is 0 Å². The number of amides is 1. The van der Waals surface area contributed by atoms with E-state index in [1.165, 1.54) is 11.0 Å². The van der Waals surface area contributed by atoms with Gasteiger partial charge in [0.25, 0.3) is 10.0 Å². The van der Waals surface area contributed by atoms with Gasteiger partial charge in [0, 0.05) is 19.5 Å². The number of rotatable bonds is 8. The number of likely N-dealkylation sites (N-methyl/N-ethyl adjacent to an activating group) is 2. The normalized spacial score (nSPS) is 22.5. The zero-order valence-corrected chi connectivity index (χ0v) is 21.6. The lowest BCUT2D eigenvalue weighted by atomic mass is 10.0. The fraction of sp³-hybridized carbons (Fsp3) is 0.462. The molecule has 198 valence electrons. The van der Waals surface area contributed by atoms with Crippen LogP contribution in [0.15, 0.2) is 35.2 Å². The van der Waals surface area contributed by atoms with Crippen LogP contribution in [0.25, 0.3) is 0 Å². The highest BCUT2D eigenvalue weighted by Crippen LogP contribution is 2.55. The van der Waals surface area contributed by atoms with E-state index in [9.17, 15) is 27.5 Å². The Bertz CT molecular complexity index is 1360. The first kappa shape index (κ1) is 25.5. The molecule has 5 rings (SSSR count). The van der Waals surface area contributed by atoms with Crippen LogP contribution >= 0.6 is 0 Å². The summed E-state index contributed by atoms with van der Waals surface area (Å²) in [6, 6.07) is 6.08. The van der Waals surface area contributed by atoms with Crippen molar-refractivity contribution in [3.05, 3.63) is 52.8 Å². The highest BCUT2D eigenvalue weighted by atomic mass is 32.2. The highest BCUT2D eigenvalue weighted by Gasteiger charge is 2.45. The van der Waals surface area contributed by atoms with Crippen LogP contribution < -0.4 is 9.46 Å². The van der Waals surface area contributed by atoms with Crippen LogP contribution in [0, 0.1) is 11.7 Å². The Morgan fingerprint density at radius 2 is 2.05 bits per heavy atom. The number of carboxylic acid groups (broad SMARTS) is 1. The lowest BCUT2D eigenvalue weighted by Gasteiger charge is -2.27. The number of hydrogen-bond donors (Lipinski definition) is 2. The van der Waals surface area contributed by atoms with Crippen LogP contribution in [0.5, 0.6) is 5.75 Å². The topological polar surface area (TPSA) is 116 Å². The van der Waals surface area contributed by atoms with Crippen molar-refractivity contribution in [3.8, 4) is 5.75 Å². The fourth-order valence-corrected chi connectivity index (χ4v) is 6.84. The number of fused-ring (bicyclic) bond motifs is 3. The van der Waals surface area contributed by atoms with Crippen molar-refractivity contribution in [2.45, 2.75) is 49.6 Å². The number of likely N-dealkylation sites (tertiary alicyclic amines) is 1. The van der Waals surface area contributed by atoms with Crippen LogP contribution in [-0.4, -0.2) is 68.0 Å². The number of carbonyl (C=O) groups excluding carboxylic acids is 1. The van der Waals surface area contributed by atoms with E-state index < -0.39 is 21.8 Å². The third kappa shape index (κ3) is 4.77. The Morgan fingerprint density at radius 3 is 2.78 bits per heavy atom. The Labute approximate surface area is 215 Å². The molecular weight excluding hydrogens is 501 g/mol. The molecule has 9 nitrogen and oxygen atoms in total. The summed E-state index contributed by atoms with van der Waals surface area (Å²) in [5.74, 6) is -1.32. The Balaban J connectivity index is 1.44. The molecule has 0 radical (unpaired) electrons. The van der Waals surface area contributed by atoms with Crippen molar-refractivity contribution in [1.29, 1.82) is 0 Å². The summed E-state index contributed by atoms with van der Waals surface area (Å²) in [4.78, 5) is 28.5. The molecule has 3 atom stereocenters. The molecule has 0 spiro atoms. The highest BCUT2D eigenvalue weighted by molar-refractivity contribution is 7.92. The predicted octanol–water partition coefficient (Wildman–Crippen LogP) is 3.26. The Morgan fingerprint density at radius 1 is 1.27 bits per heavy atom. The van der Waals surface area contributed by atoms with E-state index in [2.05, 4.69) is 9.62 Å². The van der Waals surface area contributed by atoms with Crippen molar-refractivity contribution >= 4 is 27.6 Å². The predicted molar refractivity (Wildman–Crippen MR) is 134 cm³/mol. The minimum Gasteiger partial charge on any atom is -0.492 e. The van der Waals surface area contributed by atoms with E-state index in [-0.39, 0.29) is 51.9 Å². The van der Waals surface area contributed by atoms with Crippen molar-refractivity contribution in [3.63, 3.8) is 0 Å². The molecule has 2 heterocycles. The first-order valence-corrected chi connectivity index (χ1v) is 13.9. The Hall–Kier alpha value is -3.18. The Kier molecular flexibility index (Phi) is 6.61. The number of benzene rings is 2. The maximum Gasteiger partial charge on any atom is 0.341 e. The van der Waals surface area contributed by atoms with E-state index in [4.69, 9.17) is 4.74 Å². The van der Waals surface area contributed by atoms with Gasteiger partial charge in [-0.1, -0.05) is 13.0 Å². The molecule has 3 aliphatic rings. The molecule has 0 unspecified atom stereocenters. The SMILES string of the molecule is CCN1CCC[C@H]1C(=O)N(C)Cc1cc(F)ccc1S(=O)(=O)Nc1ccc2c(c1C(=O)O)OC[C@@H]1C[C@H]21. The first-order chi connectivity index (χ1) is 17.6. The zero-order chi connectivity index (χ0) is 26.5. The minimum atomic E-state index is -4.34. The molecular formula is C26H30FN3O6S. The van der Waals surface area contributed by atoms with Gasteiger partial charge in [-0.3, -0.25) is 14.4 Å². The number of nitrogens with zero attached hydrogens (tertiary/aromatic N) is 2. The van der Waals surface area contributed by atoms with Gasteiger partial charge in [-0.05, 0) is 73.7 Å². The van der Waals surface area contributed by atoms with E-state index in [0.29, 0.717) is 18.9 Å². The van der Waals surface area contributed by atoms with Gasteiger partial charge in [-0.25, -0.2) is 17.6 Å². The monoisotopic (exact) mass is 531 g/mol. The van der Waals surface area contributed by atoms with E-state index in [1.54, 1.807) is 13.1 Å². The molecule has 2 aromatic carbocycles. The third-order valence-electron chi connectivity index (χ3n) is 7.56. The number of nitrogens with one attached hydrogen (secondary N) is 1. The number of ether oxygens (including phenoxy) is 1. The number of anilines is 1. The average Bonchev–Trinajstić information content (AvgIpc) is 3.49. The molecule has 0 bridgehead atoms. The summed E-state index contributed by atoms with van der Waals surface area (Å²) in [5, 5.41) is 9.89. The first-order valence-electron chi connectivity index (χ1n) is 12.4. The van der Waals surface area contributed by atoms with Gasteiger partial charge in [-0.2, -0.15) is 0 Å².